The van der Waals surface area contributed by atoms with Gasteiger partial charge < -0.3 is 9.80 Å². The van der Waals surface area contributed by atoms with Crippen LogP contribution in [-0.2, 0) is 14.8 Å². The standard InChI is InChI=1S/C17H29N3O3S/c21-16-17(7-11-19(16)13-12-18-8-1-2-9-18)6-3-10-20(14-17)24(22,23)15-4-5-15/h15H,1-14H2/t17-/m1/s1. The number of carbonyl (C=O) groups excluding carboxylic acids is 1. The summed E-state index contributed by atoms with van der Waals surface area (Å²) in [5, 5.41) is -0.171. The fourth-order valence-electron chi connectivity index (χ4n) is 4.64. The maximum atomic E-state index is 13.0. The number of sulfonamides is 1. The lowest BCUT2D eigenvalue weighted by Gasteiger charge is -2.38. The molecule has 3 heterocycles. The summed E-state index contributed by atoms with van der Waals surface area (Å²) in [4.78, 5) is 17.5. The first-order valence-corrected chi connectivity index (χ1v) is 11.0. The van der Waals surface area contributed by atoms with Crippen molar-refractivity contribution in [1.29, 1.82) is 0 Å². The van der Waals surface area contributed by atoms with Crippen molar-refractivity contribution in [3.05, 3.63) is 0 Å². The van der Waals surface area contributed by atoms with Gasteiger partial charge in [0.15, 0.2) is 0 Å². The molecule has 0 aromatic heterocycles. The summed E-state index contributed by atoms with van der Waals surface area (Å²) in [5.41, 5.74) is -0.439. The highest BCUT2D eigenvalue weighted by Crippen LogP contribution is 2.42. The van der Waals surface area contributed by atoms with Gasteiger partial charge in [-0.1, -0.05) is 0 Å². The summed E-state index contributed by atoms with van der Waals surface area (Å²) in [5.74, 6) is 0.206. The van der Waals surface area contributed by atoms with Crippen LogP contribution in [0.5, 0.6) is 0 Å². The van der Waals surface area contributed by atoms with Gasteiger partial charge in [-0.3, -0.25) is 4.79 Å². The quantitative estimate of drug-likeness (QED) is 0.735. The van der Waals surface area contributed by atoms with E-state index >= 15 is 0 Å². The van der Waals surface area contributed by atoms with Gasteiger partial charge in [0, 0.05) is 32.7 Å². The van der Waals surface area contributed by atoms with Crippen LogP contribution in [0.25, 0.3) is 0 Å². The molecule has 0 aromatic rings. The van der Waals surface area contributed by atoms with Crippen LogP contribution in [0.3, 0.4) is 0 Å². The lowest BCUT2D eigenvalue weighted by molar-refractivity contribution is -0.138. The minimum atomic E-state index is -3.16. The molecule has 0 aromatic carbocycles. The molecule has 4 rings (SSSR count). The van der Waals surface area contributed by atoms with Crippen LogP contribution >= 0.6 is 0 Å². The van der Waals surface area contributed by atoms with Crippen molar-refractivity contribution < 1.29 is 13.2 Å². The van der Waals surface area contributed by atoms with E-state index in [0.717, 1.165) is 64.8 Å². The van der Waals surface area contributed by atoms with Crippen LogP contribution in [0.1, 0.15) is 44.9 Å². The third kappa shape index (κ3) is 2.99. The first-order valence-electron chi connectivity index (χ1n) is 9.52. The first-order chi connectivity index (χ1) is 11.5. The Labute approximate surface area is 145 Å². The third-order valence-electron chi connectivity index (χ3n) is 6.33. The van der Waals surface area contributed by atoms with Crippen LogP contribution in [0, 0.1) is 5.41 Å². The Morgan fingerprint density at radius 2 is 1.71 bits per heavy atom. The van der Waals surface area contributed by atoms with Crippen molar-refractivity contribution in [3.8, 4) is 0 Å². The monoisotopic (exact) mass is 355 g/mol. The van der Waals surface area contributed by atoms with E-state index in [9.17, 15) is 13.2 Å². The van der Waals surface area contributed by atoms with Crippen molar-refractivity contribution in [2.75, 3.05) is 45.8 Å². The molecule has 0 bridgehead atoms. The Kier molecular flexibility index (Phi) is 4.37. The van der Waals surface area contributed by atoms with Crippen LogP contribution in [-0.4, -0.2) is 79.5 Å². The maximum Gasteiger partial charge on any atom is 0.230 e. The molecule has 6 nitrogen and oxygen atoms in total. The van der Waals surface area contributed by atoms with Gasteiger partial charge in [-0.15, -0.1) is 0 Å². The molecule has 4 fully saturated rings. The van der Waals surface area contributed by atoms with Crippen molar-refractivity contribution in [3.63, 3.8) is 0 Å². The second-order valence-corrected chi connectivity index (χ2v) is 10.3. The third-order valence-corrected chi connectivity index (χ3v) is 8.68. The summed E-state index contributed by atoms with van der Waals surface area (Å²) < 4.78 is 26.8. The molecular weight excluding hydrogens is 326 g/mol. The molecule has 0 unspecified atom stereocenters. The van der Waals surface area contributed by atoms with E-state index in [1.54, 1.807) is 4.31 Å². The minimum Gasteiger partial charge on any atom is -0.341 e. The van der Waals surface area contributed by atoms with E-state index in [1.807, 2.05) is 4.90 Å². The zero-order valence-electron chi connectivity index (χ0n) is 14.5. The molecule has 1 amide bonds. The van der Waals surface area contributed by atoms with Crippen LogP contribution in [0.2, 0.25) is 0 Å². The average Bonchev–Trinajstić information content (AvgIpc) is 3.25. The number of hydrogen-bond donors (Lipinski definition) is 0. The Hall–Kier alpha value is -0.660. The van der Waals surface area contributed by atoms with Crippen molar-refractivity contribution in [1.82, 2.24) is 14.1 Å². The number of piperidine rings is 1. The predicted octanol–water partition coefficient (Wildman–Crippen LogP) is 0.889. The number of hydrogen-bond acceptors (Lipinski definition) is 4. The Morgan fingerprint density at radius 3 is 2.42 bits per heavy atom. The number of carbonyl (C=O) groups is 1. The van der Waals surface area contributed by atoms with E-state index in [2.05, 4.69) is 4.90 Å². The topological polar surface area (TPSA) is 60.9 Å². The molecule has 0 N–H and O–H groups in total. The normalized spacial score (nSPS) is 33.0. The molecule has 1 spiro atoms. The van der Waals surface area contributed by atoms with Crippen molar-refractivity contribution >= 4 is 15.9 Å². The molecule has 1 atom stereocenters. The van der Waals surface area contributed by atoms with Gasteiger partial charge >= 0.3 is 0 Å². The van der Waals surface area contributed by atoms with Gasteiger partial charge in [0.05, 0.1) is 10.7 Å². The van der Waals surface area contributed by atoms with Gasteiger partial charge in [-0.05, 0) is 58.0 Å². The molecule has 136 valence electrons. The Balaban J connectivity index is 1.40. The lowest BCUT2D eigenvalue weighted by atomic mass is 9.79. The SMILES string of the molecule is O=C1N(CCN2CCCC2)CC[C@@]12CCCN(S(=O)(=O)C1CC1)C2. The zero-order valence-corrected chi connectivity index (χ0v) is 15.3. The second-order valence-electron chi connectivity index (χ2n) is 8.05. The molecule has 4 aliphatic rings. The van der Waals surface area contributed by atoms with Gasteiger partial charge in [0.25, 0.3) is 0 Å². The summed E-state index contributed by atoms with van der Waals surface area (Å²) in [7, 11) is -3.16. The highest BCUT2D eigenvalue weighted by atomic mass is 32.2. The van der Waals surface area contributed by atoms with Gasteiger partial charge in [0.2, 0.25) is 15.9 Å². The van der Waals surface area contributed by atoms with Crippen LogP contribution in [0.4, 0.5) is 0 Å². The van der Waals surface area contributed by atoms with E-state index < -0.39 is 15.4 Å². The zero-order chi connectivity index (χ0) is 16.8. The Bertz CT molecular complexity index is 598. The molecule has 0 radical (unpaired) electrons. The molecule has 1 saturated carbocycles. The Morgan fingerprint density at radius 1 is 0.958 bits per heavy atom. The fraction of sp³-hybridized carbons (Fsp3) is 0.941. The molecule has 24 heavy (non-hydrogen) atoms. The van der Waals surface area contributed by atoms with Gasteiger partial charge in [-0.25, -0.2) is 12.7 Å². The van der Waals surface area contributed by atoms with Crippen LogP contribution < -0.4 is 0 Å². The molecule has 1 aliphatic carbocycles. The first kappa shape index (κ1) is 16.8. The molecule has 3 saturated heterocycles. The number of likely N-dealkylation sites (tertiary alicyclic amines) is 2. The fourth-order valence-corrected chi connectivity index (χ4v) is 6.60. The van der Waals surface area contributed by atoms with E-state index in [1.165, 1.54) is 12.8 Å². The summed E-state index contributed by atoms with van der Waals surface area (Å²) in [6, 6.07) is 0. The van der Waals surface area contributed by atoms with Gasteiger partial charge in [-0.2, -0.15) is 0 Å². The smallest absolute Gasteiger partial charge is 0.230 e. The number of rotatable bonds is 5. The molecule has 3 aliphatic heterocycles. The summed E-state index contributed by atoms with van der Waals surface area (Å²) >= 11 is 0. The predicted molar refractivity (Wildman–Crippen MR) is 92.1 cm³/mol. The van der Waals surface area contributed by atoms with E-state index in [-0.39, 0.29) is 11.2 Å². The average molecular weight is 356 g/mol. The van der Waals surface area contributed by atoms with E-state index in [0.29, 0.717) is 13.1 Å². The highest BCUT2D eigenvalue weighted by molar-refractivity contribution is 7.90. The molecular formula is C17H29N3O3S. The van der Waals surface area contributed by atoms with Crippen molar-refractivity contribution in [2.45, 2.75) is 50.2 Å². The second kappa shape index (κ2) is 6.25. The largest absolute Gasteiger partial charge is 0.341 e. The number of amides is 1. The van der Waals surface area contributed by atoms with Crippen molar-refractivity contribution in [2.24, 2.45) is 5.41 Å². The number of nitrogens with zero attached hydrogens (tertiary/aromatic N) is 3. The summed E-state index contributed by atoms with van der Waals surface area (Å²) in [6.45, 7) is 5.89. The molecule has 7 heteroatoms. The van der Waals surface area contributed by atoms with Gasteiger partial charge in [0.1, 0.15) is 0 Å². The highest BCUT2D eigenvalue weighted by Gasteiger charge is 2.52. The minimum absolute atomic E-state index is 0.171. The maximum absolute atomic E-state index is 13.0. The summed E-state index contributed by atoms with van der Waals surface area (Å²) in [6.07, 6.45) is 6.62. The lowest BCUT2D eigenvalue weighted by Crippen LogP contribution is -2.51. The van der Waals surface area contributed by atoms with Crippen LogP contribution in [0.15, 0.2) is 0 Å². The van der Waals surface area contributed by atoms with E-state index in [4.69, 9.17) is 0 Å².